The van der Waals surface area contributed by atoms with Gasteiger partial charge in [-0.1, -0.05) is 6.07 Å². The number of nitrogens with one attached hydrogen (secondary N) is 1. The van der Waals surface area contributed by atoms with E-state index in [0.29, 0.717) is 12.1 Å². The maximum atomic E-state index is 5.36. The van der Waals surface area contributed by atoms with E-state index in [0.717, 1.165) is 32.5 Å². The van der Waals surface area contributed by atoms with Crippen molar-refractivity contribution in [2.75, 3.05) is 33.8 Å². The van der Waals surface area contributed by atoms with Crippen LogP contribution in [0.1, 0.15) is 12.1 Å². The predicted molar refractivity (Wildman–Crippen MR) is 72.6 cm³/mol. The molecule has 0 bridgehead atoms. The van der Waals surface area contributed by atoms with Gasteiger partial charge in [-0.3, -0.25) is 4.98 Å². The van der Waals surface area contributed by atoms with E-state index >= 15 is 0 Å². The first-order chi connectivity index (χ1) is 8.78. The molecule has 0 amide bonds. The van der Waals surface area contributed by atoms with Crippen LogP contribution in [0.3, 0.4) is 0 Å². The number of likely N-dealkylation sites (N-methyl/N-ethyl adjacent to an activating group) is 1. The molecule has 4 nitrogen and oxygen atoms in total. The van der Waals surface area contributed by atoms with Crippen molar-refractivity contribution >= 4 is 0 Å². The lowest BCUT2D eigenvalue weighted by Gasteiger charge is -2.20. The fourth-order valence-electron chi connectivity index (χ4n) is 2.42. The first kappa shape index (κ1) is 13.5. The van der Waals surface area contributed by atoms with E-state index in [1.54, 1.807) is 7.11 Å². The highest BCUT2D eigenvalue weighted by molar-refractivity contribution is 5.03. The zero-order valence-electron chi connectivity index (χ0n) is 11.3. The summed E-state index contributed by atoms with van der Waals surface area (Å²) in [5.74, 6) is 0. The van der Waals surface area contributed by atoms with Crippen LogP contribution >= 0.6 is 0 Å². The fourth-order valence-corrected chi connectivity index (χ4v) is 2.42. The molecular formula is C14H23N3O. The van der Waals surface area contributed by atoms with Crippen LogP contribution in [0.4, 0.5) is 0 Å². The third-order valence-electron chi connectivity index (χ3n) is 3.52. The summed E-state index contributed by atoms with van der Waals surface area (Å²) in [6.45, 7) is 3.11. The van der Waals surface area contributed by atoms with Gasteiger partial charge in [0, 0.05) is 51.1 Å². The van der Waals surface area contributed by atoms with Crippen LogP contribution in [0.15, 0.2) is 24.4 Å². The second-order valence-electron chi connectivity index (χ2n) is 5.03. The van der Waals surface area contributed by atoms with Crippen molar-refractivity contribution in [1.82, 2.24) is 15.2 Å². The average molecular weight is 249 g/mol. The molecule has 0 radical (unpaired) electrons. The van der Waals surface area contributed by atoms with Gasteiger partial charge in [-0.05, 0) is 25.6 Å². The lowest BCUT2D eigenvalue weighted by Crippen LogP contribution is -2.36. The van der Waals surface area contributed by atoms with Gasteiger partial charge in [0.15, 0.2) is 0 Å². The maximum Gasteiger partial charge on any atom is 0.0711 e. The van der Waals surface area contributed by atoms with Crippen molar-refractivity contribution < 1.29 is 4.74 Å². The first-order valence-corrected chi connectivity index (χ1v) is 6.62. The van der Waals surface area contributed by atoms with Gasteiger partial charge in [-0.2, -0.15) is 0 Å². The molecule has 1 N–H and O–H groups in total. The highest BCUT2D eigenvalue weighted by atomic mass is 16.5. The van der Waals surface area contributed by atoms with Crippen LogP contribution in [0.5, 0.6) is 0 Å². The minimum atomic E-state index is 0.388. The van der Waals surface area contributed by atoms with E-state index in [4.69, 9.17) is 4.74 Å². The van der Waals surface area contributed by atoms with Crippen molar-refractivity contribution in [3.05, 3.63) is 30.1 Å². The topological polar surface area (TPSA) is 37.4 Å². The molecule has 1 aliphatic heterocycles. The number of hydrogen-bond donors (Lipinski definition) is 1. The fraction of sp³-hybridized carbons (Fsp3) is 0.643. The Hall–Kier alpha value is -0.970. The monoisotopic (exact) mass is 249 g/mol. The summed E-state index contributed by atoms with van der Waals surface area (Å²) < 4.78 is 5.36. The molecule has 2 heterocycles. The van der Waals surface area contributed by atoms with E-state index in [2.05, 4.69) is 28.3 Å². The molecule has 100 valence electrons. The van der Waals surface area contributed by atoms with Gasteiger partial charge >= 0.3 is 0 Å². The second kappa shape index (κ2) is 6.83. The molecule has 2 unspecified atom stereocenters. The Balaban J connectivity index is 1.68. The smallest absolute Gasteiger partial charge is 0.0711 e. The number of rotatable bonds is 6. The molecule has 1 aliphatic rings. The van der Waals surface area contributed by atoms with Gasteiger partial charge < -0.3 is 15.0 Å². The Morgan fingerprint density at radius 3 is 3.06 bits per heavy atom. The number of pyridine rings is 1. The largest absolute Gasteiger partial charge is 0.380 e. The van der Waals surface area contributed by atoms with E-state index in [9.17, 15) is 0 Å². The number of hydrogen-bond acceptors (Lipinski definition) is 4. The number of ether oxygens (including phenoxy) is 1. The third kappa shape index (κ3) is 4.05. The molecule has 0 aliphatic carbocycles. The van der Waals surface area contributed by atoms with Gasteiger partial charge in [0.1, 0.15) is 0 Å². The van der Waals surface area contributed by atoms with E-state index in [-0.39, 0.29) is 0 Å². The second-order valence-corrected chi connectivity index (χ2v) is 5.03. The Labute approximate surface area is 109 Å². The molecule has 1 aromatic heterocycles. The normalized spacial score (nSPS) is 23.7. The zero-order valence-corrected chi connectivity index (χ0v) is 11.3. The lowest BCUT2D eigenvalue weighted by atomic mass is 10.2. The SMILES string of the molecule is COC1CNC(CN(C)CCc2ccccn2)C1. The van der Waals surface area contributed by atoms with E-state index < -0.39 is 0 Å². The molecule has 18 heavy (non-hydrogen) atoms. The molecule has 4 heteroatoms. The number of nitrogens with zero attached hydrogens (tertiary/aromatic N) is 2. The summed E-state index contributed by atoms with van der Waals surface area (Å²) >= 11 is 0. The lowest BCUT2D eigenvalue weighted by molar-refractivity contribution is 0.116. The Kier molecular flexibility index (Phi) is 5.11. The van der Waals surface area contributed by atoms with Crippen LogP contribution in [-0.2, 0) is 11.2 Å². The highest BCUT2D eigenvalue weighted by Crippen LogP contribution is 2.10. The standard InChI is InChI=1S/C14H23N3O/c1-17(8-6-12-5-3-4-7-15-12)11-13-9-14(18-2)10-16-13/h3-5,7,13-14,16H,6,8-11H2,1-2H3. The van der Waals surface area contributed by atoms with Gasteiger partial charge in [-0.25, -0.2) is 0 Å². The summed E-state index contributed by atoms with van der Waals surface area (Å²) in [5.41, 5.74) is 1.17. The van der Waals surface area contributed by atoms with Crippen molar-refractivity contribution in [3.8, 4) is 0 Å². The first-order valence-electron chi connectivity index (χ1n) is 6.62. The van der Waals surface area contributed by atoms with Crippen molar-refractivity contribution in [3.63, 3.8) is 0 Å². The minimum Gasteiger partial charge on any atom is -0.380 e. The van der Waals surface area contributed by atoms with Crippen LogP contribution in [0.2, 0.25) is 0 Å². The van der Waals surface area contributed by atoms with Gasteiger partial charge in [0.25, 0.3) is 0 Å². The summed E-state index contributed by atoms with van der Waals surface area (Å²) in [7, 11) is 3.96. The Morgan fingerprint density at radius 2 is 2.39 bits per heavy atom. The van der Waals surface area contributed by atoms with Crippen LogP contribution < -0.4 is 5.32 Å². The van der Waals surface area contributed by atoms with Gasteiger partial charge in [-0.15, -0.1) is 0 Å². The van der Waals surface area contributed by atoms with Crippen LogP contribution in [-0.4, -0.2) is 55.8 Å². The molecule has 2 atom stereocenters. The van der Waals surface area contributed by atoms with Crippen molar-refractivity contribution in [2.24, 2.45) is 0 Å². The van der Waals surface area contributed by atoms with Crippen molar-refractivity contribution in [1.29, 1.82) is 0 Å². The number of aromatic nitrogens is 1. The Bertz CT molecular complexity index is 344. The quantitative estimate of drug-likeness (QED) is 0.814. The van der Waals surface area contributed by atoms with Gasteiger partial charge in [0.2, 0.25) is 0 Å². The number of methoxy groups -OCH3 is 1. The zero-order chi connectivity index (χ0) is 12.8. The van der Waals surface area contributed by atoms with Gasteiger partial charge in [0.05, 0.1) is 6.10 Å². The third-order valence-corrected chi connectivity index (χ3v) is 3.52. The molecule has 1 aromatic rings. The molecule has 1 saturated heterocycles. The Morgan fingerprint density at radius 1 is 1.50 bits per heavy atom. The molecule has 0 saturated carbocycles. The summed E-state index contributed by atoms with van der Waals surface area (Å²) in [5, 5.41) is 3.50. The highest BCUT2D eigenvalue weighted by Gasteiger charge is 2.24. The molecule has 0 aromatic carbocycles. The van der Waals surface area contributed by atoms with Crippen LogP contribution in [0, 0.1) is 0 Å². The predicted octanol–water partition coefficient (Wildman–Crippen LogP) is 0.933. The minimum absolute atomic E-state index is 0.388. The summed E-state index contributed by atoms with van der Waals surface area (Å²) in [6.07, 6.45) is 4.37. The van der Waals surface area contributed by atoms with Crippen LogP contribution in [0.25, 0.3) is 0 Å². The summed E-state index contributed by atoms with van der Waals surface area (Å²) in [4.78, 5) is 6.71. The molecule has 2 rings (SSSR count). The van der Waals surface area contributed by atoms with Crippen molar-refractivity contribution in [2.45, 2.75) is 25.0 Å². The maximum absolute atomic E-state index is 5.36. The molecular weight excluding hydrogens is 226 g/mol. The molecule has 0 spiro atoms. The van der Waals surface area contributed by atoms with E-state index in [1.807, 2.05) is 18.3 Å². The summed E-state index contributed by atoms with van der Waals surface area (Å²) in [6, 6.07) is 6.65. The average Bonchev–Trinajstić information content (AvgIpc) is 2.85. The molecule has 1 fully saturated rings. The van der Waals surface area contributed by atoms with E-state index in [1.165, 1.54) is 5.69 Å².